The molecule has 2 unspecified atom stereocenters. The first-order valence-corrected chi connectivity index (χ1v) is 13.5. The van der Waals surface area contributed by atoms with E-state index in [4.69, 9.17) is 20.9 Å². The Morgan fingerprint density at radius 1 is 1.33 bits per heavy atom. The van der Waals surface area contributed by atoms with Gasteiger partial charge in [-0.2, -0.15) is 10.2 Å². The van der Waals surface area contributed by atoms with E-state index >= 15 is 0 Å². The number of nitro benzene ring substituents is 1. The van der Waals surface area contributed by atoms with Gasteiger partial charge in [0, 0.05) is 17.7 Å². The van der Waals surface area contributed by atoms with Crippen molar-refractivity contribution in [2.24, 2.45) is 0 Å². The molecule has 39 heavy (non-hydrogen) atoms. The number of benzene rings is 1. The minimum Gasteiger partial charge on any atom is -0.473 e. The number of halogens is 2. The summed E-state index contributed by atoms with van der Waals surface area (Å²) in [5, 5.41) is 29.4. The minimum atomic E-state index is -1.01. The third-order valence-corrected chi connectivity index (χ3v) is 8.44. The van der Waals surface area contributed by atoms with Gasteiger partial charge in [-0.3, -0.25) is 10.1 Å². The number of hydrogen-bond donors (Lipinski definition) is 1. The first kappa shape index (κ1) is 25.6. The molecule has 2 aromatic heterocycles. The lowest BCUT2D eigenvalue weighted by Gasteiger charge is -2.40. The minimum absolute atomic E-state index is 0.0818. The third-order valence-electron chi connectivity index (χ3n) is 8.24. The van der Waals surface area contributed by atoms with E-state index in [1.807, 2.05) is 0 Å². The van der Waals surface area contributed by atoms with Crippen LogP contribution in [0.5, 0.6) is 5.88 Å². The molecule has 2 aliphatic carbocycles. The molecule has 1 aliphatic heterocycles. The molecule has 0 amide bonds. The Hall–Kier alpha value is -3.62. The van der Waals surface area contributed by atoms with Crippen LogP contribution in [-0.2, 0) is 18.3 Å². The third kappa shape index (κ3) is 4.22. The maximum Gasteiger partial charge on any atom is 0.287 e. The number of nitrogens with one attached hydrogen (secondary N) is 1. The summed E-state index contributed by atoms with van der Waals surface area (Å²) in [7, 11) is 0. The van der Waals surface area contributed by atoms with E-state index in [1.165, 1.54) is 12.1 Å². The number of hydrogen-bond acceptors (Lipinski definition) is 9. The number of ether oxygens (including phenoxy) is 1. The van der Waals surface area contributed by atoms with Gasteiger partial charge in [0.05, 0.1) is 16.4 Å². The Balaban J connectivity index is 1.42. The van der Waals surface area contributed by atoms with E-state index < -0.39 is 28.7 Å². The molecule has 0 radical (unpaired) electrons. The van der Waals surface area contributed by atoms with Gasteiger partial charge < -0.3 is 14.6 Å². The largest absolute Gasteiger partial charge is 0.473 e. The predicted molar refractivity (Wildman–Crippen MR) is 138 cm³/mol. The summed E-state index contributed by atoms with van der Waals surface area (Å²) < 4.78 is 26.2. The van der Waals surface area contributed by atoms with E-state index in [9.17, 15) is 19.8 Å². The standard InChI is InChI=1S/C27H26ClFN6O4/c1-14(23-18(29)8-11-31-23)38-21-12-20(28)32-26(33-21)24-16-5-3-10-27(25(16)39-34-24)9-2-4-15-6-7-19(35(36)37)17(13-30)22(15)27/h6-7,12,14,18,23,31H,2-5,8-11H2,1H3/t14?,18-,23+,27?/m0/s1. The molecule has 4 atom stereocenters. The smallest absolute Gasteiger partial charge is 0.287 e. The highest BCUT2D eigenvalue weighted by molar-refractivity contribution is 6.29. The zero-order valence-corrected chi connectivity index (χ0v) is 22.0. The summed E-state index contributed by atoms with van der Waals surface area (Å²) in [4.78, 5) is 20.2. The second-order valence-corrected chi connectivity index (χ2v) is 10.8. The molecule has 3 heterocycles. The number of aryl methyl sites for hydroxylation is 1. The number of nitrogens with zero attached hydrogens (tertiary/aromatic N) is 5. The molecular weight excluding hydrogens is 527 g/mol. The van der Waals surface area contributed by atoms with Gasteiger partial charge in [-0.25, -0.2) is 9.37 Å². The molecule has 1 fully saturated rings. The summed E-state index contributed by atoms with van der Waals surface area (Å²) in [6.45, 7) is 2.36. The quantitative estimate of drug-likeness (QED) is 0.263. The predicted octanol–water partition coefficient (Wildman–Crippen LogP) is 4.99. The number of alkyl halides is 1. The Morgan fingerprint density at radius 2 is 2.13 bits per heavy atom. The highest BCUT2D eigenvalue weighted by atomic mass is 35.5. The maximum atomic E-state index is 14.2. The van der Waals surface area contributed by atoms with Crippen LogP contribution in [0.15, 0.2) is 22.7 Å². The van der Waals surface area contributed by atoms with Crippen molar-refractivity contribution < 1.29 is 18.6 Å². The molecule has 1 aromatic carbocycles. The van der Waals surface area contributed by atoms with Crippen LogP contribution in [0.2, 0.25) is 5.15 Å². The van der Waals surface area contributed by atoms with Crippen LogP contribution in [-0.4, -0.2) is 44.9 Å². The highest BCUT2D eigenvalue weighted by Gasteiger charge is 2.48. The van der Waals surface area contributed by atoms with Crippen molar-refractivity contribution in [1.82, 2.24) is 20.4 Å². The SMILES string of the molecule is CC(Oc1cc(Cl)nc(-c2noc3c2CCCC32CCCc3ccc([N+](=O)[O-])c(C#N)c32)n1)[C@H]1NCC[C@@H]1F. The van der Waals surface area contributed by atoms with Crippen molar-refractivity contribution in [3.8, 4) is 23.5 Å². The molecule has 6 rings (SSSR count). The Kier molecular flexibility index (Phi) is 6.47. The van der Waals surface area contributed by atoms with Gasteiger partial charge in [0.25, 0.3) is 5.69 Å². The fraction of sp³-hybridized carbons (Fsp3) is 0.481. The Bertz CT molecular complexity index is 1500. The summed E-state index contributed by atoms with van der Waals surface area (Å²) in [5.74, 6) is 1.01. The summed E-state index contributed by atoms with van der Waals surface area (Å²) in [6, 6.07) is 6.31. The molecule has 10 nitrogen and oxygen atoms in total. The fourth-order valence-corrected chi connectivity index (χ4v) is 6.77. The molecule has 1 saturated heterocycles. The van der Waals surface area contributed by atoms with Crippen LogP contribution in [0.4, 0.5) is 10.1 Å². The molecule has 3 aromatic rings. The molecule has 0 bridgehead atoms. The molecule has 202 valence electrons. The first-order valence-electron chi connectivity index (χ1n) is 13.1. The summed E-state index contributed by atoms with van der Waals surface area (Å²) in [5.41, 5.74) is 1.98. The molecule has 0 saturated carbocycles. The average molecular weight is 553 g/mol. The lowest BCUT2D eigenvalue weighted by Crippen LogP contribution is -2.41. The molecular formula is C27H26ClFN6O4. The number of nitriles is 1. The molecule has 12 heteroatoms. The second-order valence-electron chi connectivity index (χ2n) is 10.5. The van der Waals surface area contributed by atoms with Crippen molar-refractivity contribution in [1.29, 1.82) is 5.26 Å². The number of rotatable bonds is 5. The van der Waals surface area contributed by atoms with E-state index in [0.717, 1.165) is 30.4 Å². The van der Waals surface area contributed by atoms with Gasteiger partial charge in [0.15, 0.2) is 17.3 Å². The van der Waals surface area contributed by atoms with Crippen molar-refractivity contribution in [3.05, 3.63) is 61.5 Å². The Labute approximate surface area is 228 Å². The van der Waals surface area contributed by atoms with Crippen LogP contribution in [0, 0.1) is 21.4 Å². The topological polar surface area (TPSA) is 140 Å². The maximum absolute atomic E-state index is 14.2. The summed E-state index contributed by atoms with van der Waals surface area (Å²) >= 11 is 6.34. The van der Waals surface area contributed by atoms with Gasteiger partial charge in [-0.1, -0.05) is 22.8 Å². The lowest BCUT2D eigenvalue weighted by atomic mass is 9.61. The van der Waals surface area contributed by atoms with Crippen molar-refractivity contribution in [3.63, 3.8) is 0 Å². The van der Waals surface area contributed by atoms with E-state index in [2.05, 4.69) is 26.5 Å². The van der Waals surface area contributed by atoms with Crippen LogP contribution in [0.3, 0.4) is 0 Å². The molecule has 1 spiro atoms. The van der Waals surface area contributed by atoms with E-state index in [0.29, 0.717) is 49.2 Å². The Morgan fingerprint density at radius 3 is 2.85 bits per heavy atom. The van der Waals surface area contributed by atoms with Gasteiger partial charge in [0.2, 0.25) is 5.88 Å². The lowest BCUT2D eigenvalue weighted by molar-refractivity contribution is -0.385. The zero-order chi connectivity index (χ0) is 27.3. The van der Waals surface area contributed by atoms with E-state index in [1.54, 1.807) is 13.0 Å². The van der Waals surface area contributed by atoms with Crippen molar-refractivity contribution >= 4 is 17.3 Å². The number of fused-ring (bicyclic) bond motifs is 4. The normalized spacial score (nSPS) is 24.6. The van der Waals surface area contributed by atoms with Gasteiger partial charge in [-0.15, -0.1) is 0 Å². The van der Waals surface area contributed by atoms with Crippen LogP contribution in [0.25, 0.3) is 11.5 Å². The van der Waals surface area contributed by atoms with Crippen molar-refractivity contribution in [2.45, 2.75) is 75.6 Å². The average Bonchev–Trinajstić information content (AvgIpc) is 3.55. The first-order chi connectivity index (χ1) is 18.8. The molecule has 1 N–H and O–H groups in total. The monoisotopic (exact) mass is 552 g/mol. The van der Waals surface area contributed by atoms with Crippen molar-refractivity contribution in [2.75, 3.05) is 6.54 Å². The van der Waals surface area contributed by atoms with Gasteiger partial charge in [-0.05, 0) is 69.5 Å². The van der Waals surface area contributed by atoms with Crippen LogP contribution >= 0.6 is 11.6 Å². The summed E-state index contributed by atoms with van der Waals surface area (Å²) in [6.07, 6.45) is 3.27. The van der Waals surface area contributed by atoms with Crippen LogP contribution < -0.4 is 10.1 Å². The highest BCUT2D eigenvalue weighted by Crippen LogP contribution is 2.53. The second kappa shape index (κ2) is 9.84. The van der Waals surface area contributed by atoms with Crippen LogP contribution in [0.1, 0.15) is 67.0 Å². The van der Waals surface area contributed by atoms with Gasteiger partial charge in [0.1, 0.15) is 29.1 Å². The number of aromatic nitrogens is 3. The molecule has 3 aliphatic rings. The fourth-order valence-electron chi connectivity index (χ4n) is 6.59. The van der Waals surface area contributed by atoms with E-state index in [-0.39, 0.29) is 28.1 Å². The van der Waals surface area contributed by atoms with Gasteiger partial charge >= 0.3 is 0 Å². The zero-order valence-electron chi connectivity index (χ0n) is 21.2. The number of nitro groups is 1.